The number of Topliss-reactive ketones (excluding diaryl/α,β-unsaturated/α-hetero) is 1. The highest BCUT2D eigenvalue weighted by molar-refractivity contribution is 5.94. The Bertz CT molecular complexity index is 890. The van der Waals surface area contributed by atoms with Crippen LogP contribution in [0.5, 0.6) is 0 Å². The Labute approximate surface area is 168 Å². The highest BCUT2D eigenvalue weighted by atomic mass is 19.4. The number of alkyl halides is 3. The number of aliphatic hydroxyl groups is 1. The van der Waals surface area contributed by atoms with Crippen LogP contribution < -0.4 is 4.90 Å². The number of fused-ring (bicyclic) bond motifs is 1. The molecule has 0 unspecified atom stereocenters. The van der Waals surface area contributed by atoms with E-state index in [1.165, 1.54) is 12.3 Å². The van der Waals surface area contributed by atoms with Gasteiger partial charge in [0.1, 0.15) is 5.78 Å². The van der Waals surface area contributed by atoms with Crippen molar-refractivity contribution in [3.05, 3.63) is 36.0 Å². The van der Waals surface area contributed by atoms with E-state index in [2.05, 4.69) is 16.8 Å². The number of anilines is 1. The standard InChI is InChI=1S/C22H27F3N2O2/c1-14-9-15(10-16(28)11-21(2,3)29)13-27(12-14)19-7-6-18(22(23,24)25)20-17(19)5-4-8-26-20/h4-8,14-15,29H,9-13H2,1-3H3/t14-,15-/m0/s1. The number of carbonyl (C=O) groups is 1. The average molecular weight is 408 g/mol. The summed E-state index contributed by atoms with van der Waals surface area (Å²) in [4.78, 5) is 18.4. The molecular formula is C22H27F3N2O2. The largest absolute Gasteiger partial charge is 0.418 e. The van der Waals surface area contributed by atoms with E-state index in [1.807, 2.05) is 0 Å². The zero-order chi connectivity index (χ0) is 21.4. The van der Waals surface area contributed by atoms with Gasteiger partial charge in [-0.3, -0.25) is 9.78 Å². The van der Waals surface area contributed by atoms with Gasteiger partial charge in [-0.25, -0.2) is 0 Å². The summed E-state index contributed by atoms with van der Waals surface area (Å²) in [6, 6.07) is 5.92. The van der Waals surface area contributed by atoms with Crippen LogP contribution in [-0.2, 0) is 11.0 Å². The Morgan fingerprint density at radius 3 is 2.62 bits per heavy atom. The predicted octanol–water partition coefficient (Wildman–Crippen LogP) is 4.84. The number of aromatic nitrogens is 1. The quantitative estimate of drug-likeness (QED) is 0.770. The first kappa shape index (κ1) is 21.6. The number of pyridine rings is 1. The van der Waals surface area contributed by atoms with Crippen LogP contribution in [0.2, 0.25) is 0 Å². The van der Waals surface area contributed by atoms with Gasteiger partial charge in [0.25, 0.3) is 0 Å². The summed E-state index contributed by atoms with van der Waals surface area (Å²) in [5, 5.41) is 10.3. The molecule has 1 saturated heterocycles. The van der Waals surface area contributed by atoms with Gasteiger partial charge in [0.2, 0.25) is 0 Å². The fraction of sp³-hybridized carbons (Fsp3) is 0.545. The molecule has 0 spiro atoms. The predicted molar refractivity (Wildman–Crippen MR) is 107 cm³/mol. The molecule has 2 atom stereocenters. The van der Waals surface area contributed by atoms with E-state index in [9.17, 15) is 23.1 Å². The van der Waals surface area contributed by atoms with E-state index < -0.39 is 17.3 Å². The van der Waals surface area contributed by atoms with E-state index >= 15 is 0 Å². The van der Waals surface area contributed by atoms with Crippen LogP contribution in [0.4, 0.5) is 18.9 Å². The first-order valence-electron chi connectivity index (χ1n) is 9.88. The number of nitrogens with zero attached hydrogens (tertiary/aromatic N) is 2. The van der Waals surface area contributed by atoms with E-state index in [-0.39, 0.29) is 23.6 Å². The molecule has 0 amide bonds. The Hall–Kier alpha value is -2.15. The molecule has 29 heavy (non-hydrogen) atoms. The molecule has 0 aliphatic carbocycles. The van der Waals surface area contributed by atoms with Crippen molar-refractivity contribution in [2.24, 2.45) is 11.8 Å². The Balaban J connectivity index is 1.88. The molecule has 158 valence electrons. The summed E-state index contributed by atoms with van der Waals surface area (Å²) in [5.74, 6) is 0.413. The first-order valence-corrected chi connectivity index (χ1v) is 9.88. The second-order valence-corrected chi connectivity index (χ2v) is 8.87. The van der Waals surface area contributed by atoms with Crippen LogP contribution >= 0.6 is 0 Å². The number of carbonyl (C=O) groups excluding carboxylic acids is 1. The van der Waals surface area contributed by atoms with Crippen molar-refractivity contribution >= 4 is 22.4 Å². The zero-order valence-electron chi connectivity index (χ0n) is 17.0. The van der Waals surface area contributed by atoms with Crippen molar-refractivity contribution in [3.8, 4) is 0 Å². The Morgan fingerprint density at radius 1 is 1.24 bits per heavy atom. The van der Waals surface area contributed by atoms with Crippen molar-refractivity contribution in [3.63, 3.8) is 0 Å². The molecule has 1 N–H and O–H groups in total. The molecule has 1 fully saturated rings. The molecule has 3 rings (SSSR count). The maximum absolute atomic E-state index is 13.4. The number of rotatable bonds is 5. The lowest BCUT2D eigenvalue weighted by atomic mass is 9.85. The van der Waals surface area contributed by atoms with Gasteiger partial charge in [-0.2, -0.15) is 13.2 Å². The minimum absolute atomic E-state index is 0.00972. The normalized spacial score (nSPS) is 20.9. The molecule has 1 aromatic heterocycles. The minimum atomic E-state index is -4.47. The lowest BCUT2D eigenvalue weighted by Gasteiger charge is -2.38. The number of ketones is 1. The molecule has 4 nitrogen and oxygen atoms in total. The molecule has 1 aliphatic heterocycles. The third kappa shape index (κ3) is 5.26. The van der Waals surface area contributed by atoms with Crippen molar-refractivity contribution in [2.45, 2.75) is 51.8 Å². The van der Waals surface area contributed by atoms with E-state index in [0.717, 1.165) is 12.5 Å². The number of benzene rings is 1. The van der Waals surface area contributed by atoms with Gasteiger partial charge in [-0.1, -0.05) is 6.92 Å². The second-order valence-electron chi connectivity index (χ2n) is 8.87. The van der Waals surface area contributed by atoms with E-state index in [4.69, 9.17) is 0 Å². The van der Waals surface area contributed by atoms with Crippen molar-refractivity contribution in [2.75, 3.05) is 18.0 Å². The maximum atomic E-state index is 13.4. The van der Waals surface area contributed by atoms with Gasteiger partial charge in [0.05, 0.1) is 16.7 Å². The van der Waals surface area contributed by atoms with Gasteiger partial charge >= 0.3 is 6.18 Å². The zero-order valence-corrected chi connectivity index (χ0v) is 17.0. The monoisotopic (exact) mass is 408 g/mol. The fourth-order valence-electron chi connectivity index (χ4n) is 4.36. The van der Waals surface area contributed by atoms with Crippen molar-refractivity contribution in [1.29, 1.82) is 0 Å². The molecule has 0 saturated carbocycles. The van der Waals surface area contributed by atoms with E-state index in [0.29, 0.717) is 36.5 Å². The topological polar surface area (TPSA) is 53.4 Å². The fourth-order valence-corrected chi connectivity index (χ4v) is 4.36. The summed E-state index contributed by atoms with van der Waals surface area (Å²) in [5.41, 5.74) is -1.11. The number of piperidine rings is 1. The van der Waals surface area contributed by atoms with Crippen molar-refractivity contribution < 1.29 is 23.1 Å². The Morgan fingerprint density at radius 2 is 1.97 bits per heavy atom. The molecule has 0 bridgehead atoms. The molecule has 1 aliphatic rings. The van der Waals surface area contributed by atoms with Crippen LogP contribution in [-0.4, -0.2) is 34.6 Å². The number of halogens is 3. The lowest BCUT2D eigenvalue weighted by molar-refractivity contribution is -0.136. The Kier molecular flexibility index (Phi) is 5.90. The molecule has 1 aromatic carbocycles. The summed E-state index contributed by atoms with van der Waals surface area (Å²) < 4.78 is 40.1. The third-order valence-corrected chi connectivity index (χ3v) is 5.29. The van der Waals surface area contributed by atoms with Crippen LogP contribution in [0.1, 0.15) is 45.6 Å². The second kappa shape index (κ2) is 7.94. The van der Waals surface area contributed by atoms with Crippen LogP contribution in [0.15, 0.2) is 30.5 Å². The SMILES string of the molecule is C[C@H]1C[C@@H](CC(=O)CC(C)(C)O)CN(c2ccc(C(F)(F)F)c3ncccc23)C1. The average Bonchev–Trinajstić information content (AvgIpc) is 2.57. The summed E-state index contributed by atoms with van der Waals surface area (Å²) in [6.45, 7) is 6.62. The highest BCUT2D eigenvalue weighted by Gasteiger charge is 2.35. The smallest absolute Gasteiger partial charge is 0.390 e. The van der Waals surface area contributed by atoms with Crippen molar-refractivity contribution in [1.82, 2.24) is 4.98 Å². The van der Waals surface area contributed by atoms with Gasteiger partial charge < -0.3 is 10.0 Å². The molecule has 2 aromatic rings. The molecule has 0 radical (unpaired) electrons. The van der Waals surface area contributed by atoms with Gasteiger partial charge in [0.15, 0.2) is 0 Å². The third-order valence-electron chi connectivity index (χ3n) is 5.29. The highest BCUT2D eigenvalue weighted by Crippen LogP contribution is 2.39. The summed E-state index contributed by atoms with van der Waals surface area (Å²) >= 11 is 0. The van der Waals surface area contributed by atoms with Gasteiger partial charge in [-0.05, 0) is 56.4 Å². The van der Waals surface area contributed by atoms with Gasteiger partial charge in [-0.15, -0.1) is 0 Å². The summed E-state index contributed by atoms with van der Waals surface area (Å²) in [6.07, 6.45) is -1.75. The van der Waals surface area contributed by atoms with Crippen LogP contribution in [0, 0.1) is 11.8 Å². The minimum Gasteiger partial charge on any atom is -0.390 e. The first-order chi connectivity index (χ1) is 13.4. The van der Waals surface area contributed by atoms with Crippen LogP contribution in [0.3, 0.4) is 0 Å². The number of hydrogen-bond donors (Lipinski definition) is 1. The van der Waals surface area contributed by atoms with Gasteiger partial charge in [0, 0.05) is 43.2 Å². The summed E-state index contributed by atoms with van der Waals surface area (Å²) in [7, 11) is 0. The molecular weight excluding hydrogens is 381 g/mol. The molecule has 7 heteroatoms. The van der Waals surface area contributed by atoms with Crippen LogP contribution in [0.25, 0.3) is 10.9 Å². The number of hydrogen-bond acceptors (Lipinski definition) is 4. The van der Waals surface area contributed by atoms with E-state index in [1.54, 1.807) is 26.0 Å². The molecule has 2 heterocycles. The maximum Gasteiger partial charge on any atom is 0.418 e. The lowest BCUT2D eigenvalue weighted by Crippen LogP contribution is -2.41.